The van der Waals surface area contributed by atoms with E-state index < -0.39 is 29.8 Å². The van der Waals surface area contributed by atoms with Crippen LogP contribution in [-0.4, -0.2) is 49.1 Å². The van der Waals surface area contributed by atoms with Gasteiger partial charge in [-0.3, -0.25) is 14.9 Å². The number of nitrogens with zero attached hydrogens (tertiary/aromatic N) is 1. The van der Waals surface area contributed by atoms with Crippen LogP contribution in [0.4, 0.5) is 10.5 Å². The number of hydrogen-bond acceptors (Lipinski definition) is 8. The number of hydrogen-bond donors (Lipinski definition) is 2. The number of amides is 4. The van der Waals surface area contributed by atoms with Crippen molar-refractivity contribution >= 4 is 41.5 Å². The maximum Gasteiger partial charge on any atom is 0.337 e. The molecule has 0 unspecified atom stereocenters. The topological polar surface area (TPSA) is 149 Å². The molecule has 1 heterocycles. The molecule has 0 atom stereocenters. The van der Waals surface area contributed by atoms with Crippen LogP contribution in [0.15, 0.2) is 78.9 Å². The number of carbonyl (C=O) groups is 5. The van der Waals surface area contributed by atoms with E-state index in [0.29, 0.717) is 29.0 Å². The molecule has 11 nitrogen and oxygen atoms in total. The summed E-state index contributed by atoms with van der Waals surface area (Å²) >= 11 is 0. The van der Waals surface area contributed by atoms with Gasteiger partial charge >= 0.3 is 18.0 Å². The number of urea groups is 1. The predicted molar refractivity (Wildman–Crippen MR) is 151 cm³/mol. The summed E-state index contributed by atoms with van der Waals surface area (Å²) in [7, 11) is 2.67. The highest BCUT2D eigenvalue weighted by atomic mass is 16.5. The zero-order valence-electron chi connectivity index (χ0n) is 22.7. The van der Waals surface area contributed by atoms with Crippen molar-refractivity contribution in [2.45, 2.75) is 13.0 Å². The zero-order chi connectivity index (χ0) is 30.4. The average molecular weight is 571 g/mol. The Morgan fingerprint density at radius 1 is 0.976 bits per heavy atom. The van der Waals surface area contributed by atoms with Gasteiger partial charge in [-0.1, -0.05) is 18.2 Å². The first-order valence-corrected chi connectivity index (χ1v) is 12.5. The minimum absolute atomic E-state index is 0.119. The Labute approximate surface area is 240 Å². The number of methoxy groups -OCH3 is 2. The summed E-state index contributed by atoms with van der Waals surface area (Å²) in [5.74, 6) is -2.62. The van der Waals surface area contributed by atoms with E-state index in [9.17, 15) is 24.0 Å². The number of nitrogens with one attached hydrogen (secondary N) is 1. The standard InChI is InChI=1S/C31H26N2O9/c1-4-5-22-14-19(16-25(40-2)26(22)42-17-18-6-8-20(9-7-18)29(36)37)15-24-27(34)32-31(39)33(28(24)35)23-12-10-21(11-13-23)30(38)41-3/h4,6-16H,1,5,17H2,2-3H3,(H,36,37)(H,32,34,39)/b24-15+. The Kier molecular flexibility index (Phi) is 8.81. The van der Waals surface area contributed by atoms with Crippen molar-refractivity contribution in [2.24, 2.45) is 0 Å². The van der Waals surface area contributed by atoms with Crippen molar-refractivity contribution in [1.29, 1.82) is 0 Å². The van der Waals surface area contributed by atoms with Crippen LogP contribution in [0.25, 0.3) is 6.08 Å². The van der Waals surface area contributed by atoms with Gasteiger partial charge in [0.05, 0.1) is 31.0 Å². The lowest BCUT2D eigenvalue weighted by atomic mass is 10.0. The van der Waals surface area contributed by atoms with Gasteiger partial charge in [-0.05, 0) is 72.2 Å². The second kappa shape index (κ2) is 12.6. The van der Waals surface area contributed by atoms with Crippen molar-refractivity contribution < 1.29 is 43.3 Å². The molecule has 0 saturated carbocycles. The lowest BCUT2D eigenvalue weighted by molar-refractivity contribution is -0.122. The zero-order valence-corrected chi connectivity index (χ0v) is 22.7. The van der Waals surface area contributed by atoms with Gasteiger partial charge in [-0.2, -0.15) is 0 Å². The van der Waals surface area contributed by atoms with E-state index in [4.69, 9.17) is 14.6 Å². The molecule has 4 amide bonds. The molecule has 2 N–H and O–H groups in total. The molecule has 1 aliphatic heterocycles. The monoisotopic (exact) mass is 570 g/mol. The highest BCUT2D eigenvalue weighted by Gasteiger charge is 2.37. The number of anilines is 1. The van der Waals surface area contributed by atoms with Crippen molar-refractivity contribution in [1.82, 2.24) is 5.32 Å². The Balaban J connectivity index is 1.65. The van der Waals surface area contributed by atoms with Crippen LogP contribution in [-0.2, 0) is 27.4 Å². The van der Waals surface area contributed by atoms with Crippen molar-refractivity contribution in [3.05, 3.63) is 107 Å². The first kappa shape index (κ1) is 29.3. The fraction of sp³-hybridized carbons (Fsp3) is 0.129. The number of ether oxygens (including phenoxy) is 3. The molecule has 0 spiro atoms. The third-order valence-electron chi connectivity index (χ3n) is 6.28. The summed E-state index contributed by atoms with van der Waals surface area (Å²) in [5.41, 5.74) is 2.02. The summed E-state index contributed by atoms with van der Waals surface area (Å²) in [6.07, 6.45) is 3.35. The van der Waals surface area contributed by atoms with Crippen LogP contribution in [0.2, 0.25) is 0 Å². The minimum Gasteiger partial charge on any atom is -0.493 e. The molecule has 0 aliphatic carbocycles. The number of esters is 1. The third-order valence-corrected chi connectivity index (χ3v) is 6.28. The lowest BCUT2D eigenvalue weighted by Gasteiger charge is -2.26. The summed E-state index contributed by atoms with van der Waals surface area (Å²) < 4.78 is 16.3. The molecule has 1 aliphatic rings. The second-order valence-electron chi connectivity index (χ2n) is 8.99. The van der Waals surface area contributed by atoms with Gasteiger partial charge in [0, 0.05) is 5.56 Å². The molecular weight excluding hydrogens is 544 g/mol. The molecular formula is C31H26N2O9. The van der Waals surface area contributed by atoms with Crippen molar-refractivity contribution in [3.63, 3.8) is 0 Å². The SMILES string of the molecule is C=CCc1cc(/C=C2\C(=O)NC(=O)N(c3ccc(C(=O)OC)cc3)C2=O)cc(OC)c1OCc1ccc(C(=O)O)cc1. The molecule has 4 rings (SSSR count). The molecule has 11 heteroatoms. The molecule has 214 valence electrons. The van der Waals surface area contributed by atoms with E-state index >= 15 is 0 Å². The maximum atomic E-state index is 13.4. The summed E-state index contributed by atoms with van der Waals surface area (Å²) in [6.45, 7) is 3.90. The van der Waals surface area contributed by atoms with E-state index in [0.717, 1.165) is 10.5 Å². The molecule has 0 bridgehead atoms. The van der Waals surface area contributed by atoms with Crippen LogP contribution in [0.1, 0.15) is 37.4 Å². The molecule has 0 radical (unpaired) electrons. The number of benzene rings is 3. The smallest absolute Gasteiger partial charge is 0.337 e. The van der Waals surface area contributed by atoms with Crippen LogP contribution in [0.5, 0.6) is 11.5 Å². The Morgan fingerprint density at radius 2 is 1.64 bits per heavy atom. The number of barbiturate groups is 1. The Bertz CT molecular complexity index is 1610. The van der Waals surface area contributed by atoms with E-state index in [1.165, 1.54) is 56.7 Å². The van der Waals surface area contributed by atoms with Crippen molar-refractivity contribution in [3.8, 4) is 11.5 Å². The lowest BCUT2D eigenvalue weighted by Crippen LogP contribution is -2.54. The van der Waals surface area contributed by atoms with E-state index in [1.54, 1.807) is 30.3 Å². The van der Waals surface area contributed by atoms with Crippen LogP contribution < -0.4 is 19.7 Å². The number of carbonyl (C=O) groups excluding carboxylic acids is 4. The second-order valence-corrected chi connectivity index (χ2v) is 8.99. The average Bonchev–Trinajstić information content (AvgIpc) is 2.98. The first-order chi connectivity index (χ1) is 20.2. The van der Waals surface area contributed by atoms with Crippen LogP contribution >= 0.6 is 0 Å². The normalized spacial score (nSPS) is 13.9. The fourth-order valence-electron chi connectivity index (χ4n) is 4.21. The van der Waals surface area contributed by atoms with E-state index in [1.807, 2.05) is 0 Å². The van der Waals surface area contributed by atoms with Crippen molar-refractivity contribution in [2.75, 3.05) is 19.1 Å². The molecule has 1 fully saturated rings. The molecule has 0 aromatic heterocycles. The number of aromatic carboxylic acids is 1. The molecule has 42 heavy (non-hydrogen) atoms. The fourth-order valence-corrected chi connectivity index (χ4v) is 4.21. The minimum atomic E-state index is -1.03. The molecule has 3 aromatic rings. The summed E-state index contributed by atoms with van der Waals surface area (Å²) in [6, 6.07) is 14.2. The van der Waals surface area contributed by atoms with Crippen LogP contribution in [0.3, 0.4) is 0 Å². The molecule has 1 saturated heterocycles. The molecule has 3 aromatic carbocycles. The maximum absolute atomic E-state index is 13.4. The summed E-state index contributed by atoms with van der Waals surface area (Å²) in [5, 5.41) is 11.3. The number of imide groups is 2. The van der Waals surface area contributed by atoms with Gasteiger partial charge in [0.2, 0.25) is 0 Å². The Hall–Kier alpha value is -5.71. The highest BCUT2D eigenvalue weighted by molar-refractivity contribution is 6.39. The quantitative estimate of drug-likeness (QED) is 0.159. The largest absolute Gasteiger partial charge is 0.493 e. The highest BCUT2D eigenvalue weighted by Crippen LogP contribution is 2.35. The van der Waals surface area contributed by atoms with Gasteiger partial charge < -0.3 is 19.3 Å². The van der Waals surface area contributed by atoms with E-state index in [-0.39, 0.29) is 29.0 Å². The van der Waals surface area contributed by atoms with Crippen LogP contribution in [0, 0.1) is 0 Å². The first-order valence-electron chi connectivity index (χ1n) is 12.5. The third kappa shape index (κ3) is 6.20. The number of rotatable bonds is 10. The van der Waals surface area contributed by atoms with Gasteiger partial charge in [0.1, 0.15) is 12.2 Å². The van der Waals surface area contributed by atoms with E-state index in [2.05, 4.69) is 16.6 Å². The number of carboxylic acids is 1. The van der Waals surface area contributed by atoms with Gasteiger partial charge in [-0.25, -0.2) is 19.3 Å². The number of carboxylic acid groups (broad SMARTS) is 1. The van der Waals surface area contributed by atoms with Gasteiger partial charge in [0.25, 0.3) is 11.8 Å². The predicted octanol–water partition coefficient (Wildman–Crippen LogP) is 4.15. The Morgan fingerprint density at radius 3 is 2.24 bits per heavy atom. The van der Waals surface area contributed by atoms with Gasteiger partial charge in [0.15, 0.2) is 11.5 Å². The number of allylic oxidation sites excluding steroid dienone is 1. The van der Waals surface area contributed by atoms with Gasteiger partial charge in [-0.15, -0.1) is 6.58 Å². The summed E-state index contributed by atoms with van der Waals surface area (Å²) in [4.78, 5) is 62.3.